The summed E-state index contributed by atoms with van der Waals surface area (Å²) in [7, 11) is 1.76. The lowest BCUT2D eigenvalue weighted by Crippen LogP contribution is -2.35. The van der Waals surface area contributed by atoms with Gasteiger partial charge in [-0.25, -0.2) is 0 Å². The Hall–Kier alpha value is -1.06. The smallest absolute Gasteiger partial charge is 0.0637 e. The molecule has 1 aromatic carbocycles. The van der Waals surface area contributed by atoms with Crippen LogP contribution in [0.4, 0.5) is 5.69 Å². The molecule has 3 nitrogen and oxygen atoms in total. The fourth-order valence-electron chi connectivity index (χ4n) is 2.33. The summed E-state index contributed by atoms with van der Waals surface area (Å²) < 4.78 is 5.24. The van der Waals surface area contributed by atoms with Gasteiger partial charge in [-0.1, -0.05) is 19.9 Å². The van der Waals surface area contributed by atoms with Gasteiger partial charge in [0.1, 0.15) is 0 Å². The summed E-state index contributed by atoms with van der Waals surface area (Å²) >= 11 is 0. The zero-order valence-corrected chi connectivity index (χ0v) is 13.7. The van der Waals surface area contributed by atoms with Gasteiger partial charge in [0.05, 0.1) is 6.61 Å². The van der Waals surface area contributed by atoms with Gasteiger partial charge in [0.25, 0.3) is 0 Å². The molecule has 114 valence electrons. The third-order valence-corrected chi connectivity index (χ3v) is 3.88. The number of benzene rings is 1. The van der Waals surface area contributed by atoms with Crippen LogP contribution in [-0.2, 0) is 11.3 Å². The summed E-state index contributed by atoms with van der Waals surface area (Å²) in [4.78, 5) is 2.44. The van der Waals surface area contributed by atoms with Crippen LogP contribution in [0.15, 0.2) is 18.2 Å². The number of nitrogens with zero attached hydrogens (tertiary/aromatic N) is 1. The summed E-state index contributed by atoms with van der Waals surface area (Å²) in [5.41, 5.74) is 4.04. The van der Waals surface area contributed by atoms with Crippen LogP contribution in [0.3, 0.4) is 0 Å². The Balaban J connectivity index is 2.87. The van der Waals surface area contributed by atoms with Crippen LogP contribution < -0.4 is 10.2 Å². The van der Waals surface area contributed by atoms with Crippen molar-refractivity contribution < 1.29 is 4.74 Å². The van der Waals surface area contributed by atoms with Gasteiger partial charge < -0.3 is 15.0 Å². The van der Waals surface area contributed by atoms with Crippen molar-refractivity contribution >= 4 is 5.69 Å². The van der Waals surface area contributed by atoms with E-state index in [-0.39, 0.29) is 0 Å². The van der Waals surface area contributed by atoms with Crippen molar-refractivity contribution in [2.24, 2.45) is 0 Å². The summed E-state index contributed by atoms with van der Waals surface area (Å²) in [5, 5.41) is 3.39. The maximum atomic E-state index is 5.24. The molecule has 20 heavy (non-hydrogen) atoms. The number of rotatable bonds is 9. The van der Waals surface area contributed by atoms with Gasteiger partial charge in [0, 0.05) is 31.9 Å². The third kappa shape index (κ3) is 4.80. The number of ether oxygens (including phenoxy) is 1. The fourth-order valence-corrected chi connectivity index (χ4v) is 2.33. The Labute approximate surface area is 124 Å². The molecule has 1 aromatic rings. The standard InChI is InChI=1S/C17H30N2O/c1-6-15(4)19(10-11-20-5)17-9-8-16(13-18-7-2)14(3)12-17/h8-9,12,15,18H,6-7,10-11,13H2,1-5H3. The highest BCUT2D eigenvalue weighted by Gasteiger charge is 2.13. The minimum Gasteiger partial charge on any atom is -0.383 e. The SMILES string of the molecule is CCNCc1ccc(N(CCOC)C(C)CC)cc1C. The first-order valence-corrected chi connectivity index (χ1v) is 7.69. The Morgan fingerprint density at radius 3 is 2.60 bits per heavy atom. The molecule has 0 heterocycles. The lowest BCUT2D eigenvalue weighted by molar-refractivity contribution is 0.203. The van der Waals surface area contributed by atoms with Crippen LogP contribution in [0.2, 0.25) is 0 Å². The van der Waals surface area contributed by atoms with Crippen molar-refractivity contribution in [1.29, 1.82) is 0 Å². The molecule has 0 aliphatic heterocycles. The summed E-state index contributed by atoms with van der Waals surface area (Å²) in [6.07, 6.45) is 1.14. The van der Waals surface area contributed by atoms with Crippen molar-refractivity contribution in [3.8, 4) is 0 Å². The second-order valence-corrected chi connectivity index (χ2v) is 5.33. The predicted molar refractivity (Wildman–Crippen MR) is 87.5 cm³/mol. The molecule has 0 saturated carbocycles. The zero-order chi connectivity index (χ0) is 15.0. The Kier molecular flexibility index (Phi) is 7.63. The molecule has 1 N–H and O–H groups in total. The molecule has 1 rings (SSSR count). The minimum absolute atomic E-state index is 0.532. The fraction of sp³-hybridized carbons (Fsp3) is 0.647. The summed E-state index contributed by atoms with van der Waals surface area (Å²) in [5.74, 6) is 0. The largest absolute Gasteiger partial charge is 0.383 e. The second-order valence-electron chi connectivity index (χ2n) is 5.33. The molecule has 1 unspecified atom stereocenters. The number of methoxy groups -OCH3 is 1. The van der Waals surface area contributed by atoms with Gasteiger partial charge in [-0.15, -0.1) is 0 Å². The maximum absolute atomic E-state index is 5.24. The molecule has 0 saturated heterocycles. The number of nitrogens with one attached hydrogen (secondary N) is 1. The normalized spacial score (nSPS) is 12.4. The van der Waals surface area contributed by atoms with E-state index in [1.807, 2.05) is 0 Å². The molecule has 0 bridgehead atoms. The van der Waals surface area contributed by atoms with Crippen molar-refractivity contribution in [3.63, 3.8) is 0 Å². The van der Waals surface area contributed by atoms with Crippen LogP contribution in [-0.4, -0.2) is 32.8 Å². The van der Waals surface area contributed by atoms with E-state index in [1.165, 1.54) is 16.8 Å². The molecule has 0 fully saturated rings. The lowest BCUT2D eigenvalue weighted by Gasteiger charge is -2.31. The van der Waals surface area contributed by atoms with E-state index < -0.39 is 0 Å². The van der Waals surface area contributed by atoms with Crippen molar-refractivity contribution in [3.05, 3.63) is 29.3 Å². The molecule has 0 aromatic heterocycles. The minimum atomic E-state index is 0.532. The molecular weight excluding hydrogens is 248 g/mol. The molecular formula is C17H30N2O. The van der Waals surface area contributed by atoms with E-state index in [2.05, 4.69) is 56.1 Å². The molecule has 0 spiro atoms. The first-order chi connectivity index (χ1) is 9.63. The topological polar surface area (TPSA) is 24.5 Å². The molecule has 0 aliphatic rings. The van der Waals surface area contributed by atoms with Crippen molar-refractivity contribution in [1.82, 2.24) is 5.32 Å². The lowest BCUT2D eigenvalue weighted by atomic mass is 10.1. The van der Waals surface area contributed by atoms with Crippen LogP contribution in [0.1, 0.15) is 38.3 Å². The molecule has 0 aliphatic carbocycles. The van der Waals surface area contributed by atoms with E-state index in [9.17, 15) is 0 Å². The molecule has 3 heteroatoms. The van der Waals surface area contributed by atoms with Crippen molar-refractivity contribution in [2.45, 2.75) is 46.7 Å². The van der Waals surface area contributed by atoms with Crippen LogP contribution in [0.5, 0.6) is 0 Å². The molecule has 0 amide bonds. The first kappa shape index (κ1) is 17.0. The summed E-state index contributed by atoms with van der Waals surface area (Å²) in [6, 6.07) is 7.31. The zero-order valence-electron chi connectivity index (χ0n) is 13.7. The summed E-state index contributed by atoms with van der Waals surface area (Å²) in [6.45, 7) is 12.5. The van der Waals surface area contributed by atoms with Gasteiger partial charge in [0.15, 0.2) is 0 Å². The number of hydrogen-bond acceptors (Lipinski definition) is 3. The third-order valence-electron chi connectivity index (χ3n) is 3.88. The van der Waals surface area contributed by atoms with Crippen LogP contribution >= 0.6 is 0 Å². The average molecular weight is 278 g/mol. The first-order valence-electron chi connectivity index (χ1n) is 7.69. The number of anilines is 1. The number of hydrogen-bond donors (Lipinski definition) is 1. The van der Waals surface area contributed by atoms with Gasteiger partial charge in [-0.2, -0.15) is 0 Å². The van der Waals surface area contributed by atoms with E-state index in [4.69, 9.17) is 4.74 Å². The van der Waals surface area contributed by atoms with E-state index in [1.54, 1.807) is 7.11 Å². The van der Waals surface area contributed by atoms with Gasteiger partial charge >= 0.3 is 0 Å². The van der Waals surface area contributed by atoms with Gasteiger partial charge in [-0.3, -0.25) is 0 Å². The monoisotopic (exact) mass is 278 g/mol. The second kappa shape index (κ2) is 8.98. The van der Waals surface area contributed by atoms with Gasteiger partial charge in [0.2, 0.25) is 0 Å². The average Bonchev–Trinajstić information content (AvgIpc) is 2.46. The quantitative estimate of drug-likeness (QED) is 0.749. The van der Waals surface area contributed by atoms with Crippen LogP contribution in [0, 0.1) is 6.92 Å². The van der Waals surface area contributed by atoms with Crippen LogP contribution in [0.25, 0.3) is 0 Å². The number of aryl methyl sites for hydroxylation is 1. The van der Waals surface area contributed by atoms with Crippen molar-refractivity contribution in [2.75, 3.05) is 31.7 Å². The predicted octanol–water partition coefficient (Wildman–Crippen LogP) is 3.36. The van der Waals surface area contributed by atoms with E-state index in [0.29, 0.717) is 6.04 Å². The highest BCUT2D eigenvalue weighted by atomic mass is 16.5. The van der Waals surface area contributed by atoms with E-state index in [0.717, 1.165) is 32.7 Å². The Morgan fingerprint density at radius 1 is 1.30 bits per heavy atom. The van der Waals surface area contributed by atoms with E-state index >= 15 is 0 Å². The highest BCUT2D eigenvalue weighted by molar-refractivity contribution is 5.51. The molecule has 0 radical (unpaired) electrons. The maximum Gasteiger partial charge on any atom is 0.0637 e. The molecule has 1 atom stereocenters. The Morgan fingerprint density at radius 2 is 2.05 bits per heavy atom. The van der Waals surface area contributed by atoms with Gasteiger partial charge in [-0.05, 0) is 50.1 Å². The highest BCUT2D eigenvalue weighted by Crippen LogP contribution is 2.22. The Bertz CT molecular complexity index is 393.